The number of aromatic nitrogens is 3. The van der Waals surface area contributed by atoms with Gasteiger partial charge >= 0.3 is 0 Å². The van der Waals surface area contributed by atoms with Crippen molar-refractivity contribution in [1.29, 1.82) is 0 Å². The molecule has 30 heavy (non-hydrogen) atoms. The van der Waals surface area contributed by atoms with E-state index in [-0.39, 0.29) is 5.91 Å². The third-order valence-corrected chi connectivity index (χ3v) is 6.04. The highest BCUT2D eigenvalue weighted by Crippen LogP contribution is 2.19. The van der Waals surface area contributed by atoms with E-state index in [1.807, 2.05) is 43.9 Å². The lowest BCUT2D eigenvalue weighted by atomic mass is 10.1. The van der Waals surface area contributed by atoms with Crippen molar-refractivity contribution in [1.82, 2.24) is 24.6 Å². The molecule has 1 N–H and O–H groups in total. The summed E-state index contributed by atoms with van der Waals surface area (Å²) in [5.41, 5.74) is 6.38. The zero-order chi connectivity index (χ0) is 21.3. The molecule has 4 rings (SSSR count). The maximum Gasteiger partial charge on any atom is 0.238 e. The van der Waals surface area contributed by atoms with Gasteiger partial charge in [0.15, 0.2) is 5.65 Å². The molecule has 2 aromatic heterocycles. The molecule has 0 atom stereocenters. The summed E-state index contributed by atoms with van der Waals surface area (Å²) in [6.07, 6.45) is 1.95. The quantitative estimate of drug-likeness (QED) is 0.706. The van der Waals surface area contributed by atoms with Gasteiger partial charge in [-0.25, -0.2) is 4.98 Å². The number of carbonyl (C=O) groups is 1. The molecule has 1 amide bonds. The number of hydrogen-bond acceptors (Lipinski definition) is 5. The SMILES string of the molecule is Cc1cccc(NC(=O)CN2CCN(Cc3cnc4c(c3)c(C)nn4C)CC2)c1C. The number of nitrogens with zero attached hydrogens (tertiary/aromatic N) is 5. The summed E-state index contributed by atoms with van der Waals surface area (Å²) in [6.45, 7) is 11.1. The van der Waals surface area contributed by atoms with Crippen LogP contribution >= 0.6 is 0 Å². The first kappa shape index (κ1) is 20.5. The van der Waals surface area contributed by atoms with Crippen molar-refractivity contribution in [2.75, 3.05) is 38.0 Å². The minimum atomic E-state index is 0.0545. The molecule has 0 radical (unpaired) electrons. The highest BCUT2D eigenvalue weighted by Gasteiger charge is 2.20. The Hall–Kier alpha value is -2.77. The topological polar surface area (TPSA) is 66.3 Å². The van der Waals surface area contributed by atoms with Crippen molar-refractivity contribution in [3.05, 3.63) is 52.8 Å². The number of pyridine rings is 1. The van der Waals surface area contributed by atoms with Crippen LogP contribution in [0, 0.1) is 20.8 Å². The lowest BCUT2D eigenvalue weighted by molar-refractivity contribution is -0.117. The summed E-state index contributed by atoms with van der Waals surface area (Å²) >= 11 is 0. The predicted molar refractivity (Wildman–Crippen MR) is 120 cm³/mol. The van der Waals surface area contributed by atoms with Crippen LogP contribution in [0.15, 0.2) is 30.5 Å². The van der Waals surface area contributed by atoms with Gasteiger partial charge in [-0.15, -0.1) is 0 Å². The first-order valence-electron chi connectivity index (χ1n) is 10.5. The number of rotatable bonds is 5. The Morgan fingerprint density at radius 2 is 1.83 bits per heavy atom. The number of anilines is 1. The van der Waals surface area contributed by atoms with Crippen LogP contribution < -0.4 is 5.32 Å². The summed E-state index contributed by atoms with van der Waals surface area (Å²) < 4.78 is 1.83. The highest BCUT2D eigenvalue weighted by atomic mass is 16.2. The number of nitrogens with one attached hydrogen (secondary N) is 1. The maximum atomic E-state index is 12.5. The Bertz CT molecular complexity index is 1060. The van der Waals surface area contributed by atoms with Crippen molar-refractivity contribution in [2.45, 2.75) is 27.3 Å². The van der Waals surface area contributed by atoms with E-state index < -0.39 is 0 Å². The van der Waals surface area contributed by atoms with Gasteiger partial charge in [-0.3, -0.25) is 19.3 Å². The number of piperazine rings is 1. The molecule has 0 spiro atoms. The number of amides is 1. The zero-order valence-corrected chi connectivity index (χ0v) is 18.3. The second kappa shape index (κ2) is 8.53. The highest BCUT2D eigenvalue weighted by molar-refractivity contribution is 5.93. The fourth-order valence-electron chi connectivity index (χ4n) is 4.08. The Labute approximate surface area is 177 Å². The molecule has 0 unspecified atom stereocenters. The molecule has 7 nitrogen and oxygen atoms in total. The van der Waals surface area contributed by atoms with Crippen LogP contribution in [0.1, 0.15) is 22.4 Å². The van der Waals surface area contributed by atoms with Crippen molar-refractivity contribution >= 4 is 22.6 Å². The van der Waals surface area contributed by atoms with E-state index in [1.165, 1.54) is 11.1 Å². The lowest BCUT2D eigenvalue weighted by Crippen LogP contribution is -2.48. The Kier molecular flexibility index (Phi) is 5.83. The summed E-state index contributed by atoms with van der Waals surface area (Å²) in [7, 11) is 1.93. The van der Waals surface area contributed by atoms with Gasteiger partial charge in [-0.2, -0.15) is 5.10 Å². The number of aryl methyl sites for hydroxylation is 3. The summed E-state index contributed by atoms with van der Waals surface area (Å²) in [5, 5.41) is 8.64. The van der Waals surface area contributed by atoms with E-state index in [0.717, 1.165) is 60.7 Å². The molecule has 158 valence electrons. The lowest BCUT2D eigenvalue weighted by Gasteiger charge is -2.34. The van der Waals surface area contributed by atoms with Gasteiger partial charge in [0.2, 0.25) is 5.91 Å². The van der Waals surface area contributed by atoms with Gasteiger partial charge in [0, 0.05) is 57.0 Å². The third-order valence-electron chi connectivity index (χ3n) is 6.04. The van der Waals surface area contributed by atoms with Crippen LogP contribution in [-0.4, -0.2) is 63.2 Å². The predicted octanol–water partition coefficient (Wildman–Crippen LogP) is 2.65. The minimum Gasteiger partial charge on any atom is -0.325 e. The van der Waals surface area contributed by atoms with E-state index >= 15 is 0 Å². The van der Waals surface area contributed by atoms with Gasteiger partial charge < -0.3 is 5.32 Å². The second-order valence-corrected chi connectivity index (χ2v) is 8.27. The van der Waals surface area contributed by atoms with Gasteiger partial charge in [0.05, 0.1) is 12.2 Å². The van der Waals surface area contributed by atoms with Crippen LogP contribution in [0.25, 0.3) is 11.0 Å². The monoisotopic (exact) mass is 406 g/mol. The molecule has 0 saturated carbocycles. The largest absolute Gasteiger partial charge is 0.325 e. The molecule has 7 heteroatoms. The molecule has 1 aliphatic rings. The molecule has 1 aliphatic heterocycles. The van der Waals surface area contributed by atoms with Crippen molar-refractivity contribution in [3.63, 3.8) is 0 Å². The van der Waals surface area contributed by atoms with Gasteiger partial charge in [0.1, 0.15) is 0 Å². The van der Waals surface area contributed by atoms with Crippen LogP contribution in [0.2, 0.25) is 0 Å². The van der Waals surface area contributed by atoms with Crippen molar-refractivity contribution < 1.29 is 4.79 Å². The van der Waals surface area contributed by atoms with Crippen LogP contribution in [0.5, 0.6) is 0 Å². The Morgan fingerprint density at radius 1 is 1.10 bits per heavy atom. The van der Waals surface area contributed by atoms with E-state index in [9.17, 15) is 4.79 Å². The van der Waals surface area contributed by atoms with Gasteiger partial charge in [-0.1, -0.05) is 12.1 Å². The van der Waals surface area contributed by atoms with Crippen LogP contribution in [0.3, 0.4) is 0 Å². The molecule has 3 heterocycles. The summed E-state index contributed by atoms with van der Waals surface area (Å²) in [4.78, 5) is 21.7. The second-order valence-electron chi connectivity index (χ2n) is 8.27. The van der Waals surface area contributed by atoms with E-state index in [4.69, 9.17) is 0 Å². The fraction of sp³-hybridized carbons (Fsp3) is 0.435. The average Bonchev–Trinajstić information content (AvgIpc) is 3.00. The zero-order valence-electron chi connectivity index (χ0n) is 18.3. The number of hydrogen-bond donors (Lipinski definition) is 1. The average molecular weight is 407 g/mol. The number of carbonyl (C=O) groups excluding carboxylic acids is 1. The van der Waals surface area contributed by atoms with Crippen molar-refractivity contribution in [2.24, 2.45) is 7.05 Å². The van der Waals surface area contributed by atoms with Gasteiger partial charge in [-0.05, 0) is 49.6 Å². The van der Waals surface area contributed by atoms with E-state index in [2.05, 4.69) is 44.3 Å². The summed E-state index contributed by atoms with van der Waals surface area (Å²) in [5.74, 6) is 0.0545. The normalized spacial score (nSPS) is 15.6. The molecule has 1 saturated heterocycles. The molecular formula is C23H30N6O. The molecule has 0 bridgehead atoms. The third kappa shape index (κ3) is 4.37. The molecule has 1 fully saturated rings. The summed E-state index contributed by atoms with van der Waals surface area (Å²) in [6, 6.07) is 8.21. The minimum absolute atomic E-state index is 0.0545. The number of fused-ring (bicyclic) bond motifs is 1. The van der Waals surface area contributed by atoms with E-state index in [1.54, 1.807) is 0 Å². The maximum absolute atomic E-state index is 12.5. The molecule has 0 aliphatic carbocycles. The molecular weight excluding hydrogens is 376 g/mol. The van der Waals surface area contributed by atoms with E-state index in [0.29, 0.717) is 6.54 Å². The molecule has 3 aromatic rings. The first-order valence-corrected chi connectivity index (χ1v) is 10.5. The van der Waals surface area contributed by atoms with Gasteiger partial charge in [0.25, 0.3) is 0 Å². The number of benzene rings is 1. The van der Waals surface area contributed by atoms with Crippen LogP contribution in [0.4, 0.5) is 5.69 Å². The molecule has 1 aromatic carbocycles. The van der Waals surface area contributed by atoms with Crippen molar-refractivity contribution in [3.8, 4) is 0 Å². The van der Waals surface area contributed by atoms with Crippen LogP contribution in [-0.2, 0) is 18.4 Å². The Balaban J connectivity index is 1.29. The smallest absolute Gasteiger partial charge is 0.238 e. The Morgan fingerprint density at radius 3 is 2.60 bits per heavy atom. The first-order chi connectivity index (χ1) is 14.4. The standard InChI is InChI=1S/C23H30N6O/c1-16-6-5-7-21(17(16)2)25-22(30)15-29-10-8-28(9-11-29)14-19-12-20-18(3)26-27(4)23(20)24-13-19/h5-7,12-13H,8-11,14-15H2,1-4H3,(H,25,30). The fourth-order valence-corrected chi connectivity index (χ4v) is 4.08.